The van der Waals surface area contributed by atoms with Gasteiger partial charge in [-0.2, -0.15) is 0 Å². The fourth-order valence-corrected chi connectivity index (χ4v) is 1.10. The molecule has 0 radical (unpaired) electrons. The van der Waals surface area contributed by atoms with Crippen LogP contribution in [0.1, 0.15) is 33.1 Å². The third-order valence-electron chi connectivity index (χ3n) is 1.77. The Bertz CT molecular complexity index is 76.0. The summed E-state index contributed by atoms with van der Waals surface area (Å²) in [5.74, 6) is 0.721. The average Bonchev–Trinajstić information content (AvgIpc) is 2.04. The molecule has 11 heavy (non-hydrogen) atoms. The Labute approximate surface area is 78.6 Å². The van der Waals surface area contributed by atoms with Crippen LogP contribution in [0.25, 0.3) is 0 Å². The molecule has 0 fully saturated rings. The summed E-state index contributed by atoms with van der Waals surface area (Å²) in [6.45, 7) is 6.28. The van der Waals surface area contributed by atoms with Crippen LogP contribution in [0.5, 0.6) is 0 Å². The van der Waals surface area contributed by atoms with Crippen LogP contribution in [0.2, 0.25) is 0 Å². The van der Waals surface area contributed by atoms with E-state index in [-0.39, 0.29) is 0 Å². The predicted molar refractivity (Wildman–Crippen MR) is 53.3 cm³/mol. The minimum atomic E-state index is 0.721. The van der Waals surface area contributed by atoms with E-state index in [0.29, 0.717) is 0 Å². The quantitative estimate of drug-likeness (QED) is 0.475. The molecular weight excluding hydrogens is 204 g/mol. The van der Waals surface area contributed by atoms with E-state index in [2.05, 4.69) is 29.8 Å². The van der Waals surface area contributed by atoms with Crippen molar-refractivity contribution >= 4 is 15.9 Å². The van der Waals surface area contributed by atoms with E-state index >= 15 is 0 Å². The molecule has 0 aromatic carbocycles. The molecule has 0 heterocycles. The van der Waals surface area contributed by atoms with Gasteiger partial charge in [-0.15, -0.1) is 0 Å². The maximum Gasteiger partial charge on any atom is 0.0491 e. The highest BCUT2D eigenvalue weighted by Gasteiger charge is 1.97. The van der Waals surface area contributed by atoms with Gasteiger partial charge in [0.15, 0.2) is 0 Å². The summed E-state index contributed by atoms with van der Waals surface area (Å²) in [5.41, 5.74) is 0. The summed E-state index contributed by atoms with van der Waals surface area (Å²) < 4.78 is 5.47. The van der Waals surface area contributed by atoms with E-state index in [9.17, 15) is 0 Å². The van der Waals surface area contributed by atoms with Crippen LogP contribution >= 0.6 is 15.9 Å². The topological polar surface area (TPSA) is 9.23 Å². The number of alkyl halides is 1. The van der Waals surface area contributed by atoms with Crippen LogP contribution in [-0.2, 0) is 4.74 Å². The second-order valence-corrected chi connectivity index (χ2v) is 3.78. The number of rotatable bonds is 7. The molecular formula is C9H19BrO. The highest BCUT2D eigenvalue weighted by Crippen LogP contribution is 2.01. The molecule has 0 saturated heterocycles. The Morgan fingerprint density at radius 2 is 2.09 bits per heavy atom. The summed E-state index contributed by atoms with van der Waals surface area (Å²) >= 11 is 3.39. The summed E-state index contributed by atoms with van der Waals surface area (Å²) in [4.78, 5) is 0. The van der Waals surface area contributed by atoms with Crippen LogP contribution in [0.4, 0.5) is 0 Å². The highest BCUT2D eigenvalue weighted by molar-refractivity contribution is 9.09. The Kier molecular flexibility index (Phi) is 8.88. The molecule has 0 aromatic heterocycles. The van der Waals surface area contributed by atoms with Gasteiger partial charge in [-0.3, -0.25) is 0 Å². The smallest absolute Gasteiger partial charge is 0.0491 e. The molecule has 1 nitrogen and oxygen atoms in total. The zero-order valence-electron chi connectivity index (χ0n) is 7.61. The molecule has 1 unspecified atom stereocenters. The summed E-state index contributed by atoms with van der Waals surface area (Å²) in [5, 5.41) is 1.10. The van der Waals surface area contributed by atoms with Crippen molar-refractivity contribution in [2.24, 2.45) is 5.92 Å². The second kappa shape index (κ2) is 8.54. The van der Waals surface area contributed by atoms with Crippen molar-refractivity contribution in [3.63, 3.8) is 0 Å². The first-order valence-electron chi connectivity index (χ1n) is 4.45. The monoisotopic (exact) mass is 222 g/mol. The molecule has 0 aliphatic carbocycles. The van der Waals surface area contributed by atoms with E-state index in [1.54, 1.807) is 0 Å². The first kappa shape index (κ1) is 11.4. The molecule has 0 aliphatic heterocycles. The van der Waals surface area contributed by atoms with Crippen LogP contribution in [-0.4, -0.2) is 18.5 Å². The summed E-state index contributed by atoms with van der Waals surface area (Å²) in [6, 6.07) is 0. The lowest BCUT2D eigenvalue weighted by Gasteiger charge is -2.08. The Hall–Kier alpha value is 0.440. The number of ether oxygens (including phenoxy) is 1. The largest absolute Gasteiger partial charge is 0.381 e. The maximum atomic E-state index is 5.47. The average molecular weight is 223 g/mol. The van der Waals surface area contributed by atoms with Crippen LogP contribution in [0.15, 0.2) is 0 Å². The van der Waals surface area contributed by atoms with Crippen LogP contribution in [0, 0.1) is 5.92 Å². The summed E-state index contributed by atoms with van der Waals surface area (Å²) in [7, 11) is 0. The molecule has 0 aliphatic rings. The van der Waals surface area contributed by atoms with Crippen LogP contribution in [0.3, 0.4) is 0 Å². The molecule has 0 rings (SSSR count). The van der Waals surface area contributed by atoms with Crippen molar-refractivity contribution in [2.45, 2.75) is 33.1 Å². The fraction of sp³-hybridized carbons (Fsp3) is 1.00. The van der Waals surface area contributed by atoms with Gasteiger partial charge in [0.25, 0.3) is 0 Å². The normalized spacial score (nSPS) is 13.4. The molecule has 68 valence electrons. The van der Waals surface area contributed by atoms with Gasteiger partial charge in [0.2, 0.25) is 0 Å². The summed E-state index contributed by atoms with van der Waals surface area (Å²) in [6.07, 6.45) is 3.63. The molecule has 2 heteroatoms. The lowest BCUT2D eigenvalue weighted by atomic mass is 10.1. The third kappa shape index (κ3) is 8.35. The van der Waals surface area contributed by atoms with Crippen molar-refractivity contribution in [3.8, 4) is 0 Å². The Morgan fingerprint density at radius 1 is 1.36 bits per heavy atom. The molecule has 0 aromatic rings. The SMILES string of the molecule is CCC(C)COCCCCBr. The van der Waals surface area contributed by atoms with Gasteiger partial charge in [-0.05, 0) is 18.8 Å². The van der Waals surface area contributed by atoms with Crippen molar-refractivity contribution in [3.05, 3.63) is 0 Å². The minimum absolute atomic E-state index is 0.721. The number of hydrogen-bond acceptors (Lipinski definition) is 1. The molecule has 1 atom stereocenters. The van der Waals surface area contributed by atoms with Gasteiger partial charge in [0, 0.05) is 18.5 Å². The van der Waals surface area contributed by atoms with E-state index in [4.69, 9.17) is 4.74 Å². The van der Waals surface area contributed by atoms with E-state index in [1.165, 1.54) is 19.3 Å². The zero-order valence-corrected chi connectivity index (χ0v) is 9.19. The molecule has 0 saturated carbocycles. The van der Waals surface area contributed by atoms with Crippen molar-refractivity contribution in [2.75, 3.05) is 18.5 Å². The van der Waals surface area contributed by atoms with Crippen molar-refractivity contribution < 1.29 is 4.74 Å². The number of hydrogen-bond donors (Lipinski definition) is 0. The molecule has 0 N–H and O–H groups in total. The van der Waals surface area contributed by atoms with Crippen molar-refractivity contribution in [1.29, 1.82) is 0 Å². The van der Waals surface area contributed by atoms with Gasteiger partial charge in [0.1, 0.15) is 0 Å². The van der Waals surface area contributed by atoms with E-state index in [1.807, 2.05) is 0 Å². The molecule has 0 amide bonds. The highest BCUT2D eigenvalue weighted by atomic mass is 79.9. The van der Waals surface area contributed by atoms with Crippen molar-refractivity contribution in [1.82, 2.24) is 0 Å². The van der Waals surface area contributed by atoms with Gasteiger partial charge in [-0.25, -0.2) is 0 Å². The van der Waals surface area contributed by atoms with E-state index in [0.717, 1.165) is 24.5 Å². The molecule has 0 spiro atoms. The molecule has 0 bridgehead atoms. The standard InChI is InChI=1S/C9H19BrO/c1-3-9(2)8-11-7-5-4-6-10/h9H,3-8H2,1-2H3. The first-order chi connectivity index (χ1) is 5.31. The number of unbranched alkanes of at least 4 members (excludes halogenated alkanes) is 1. The fourth-order valence-electron chi connectivity index (χ4n) is 0.701. The van der Waals surface area contributed by atoms with Gasteiger partial charge in [-0.1, -0.05) is 36.2 Å². The lowest BCUT2D eigenvalue weighted by Crippen LogP contribution is -2.05. The van der Waals surface area contributed by atoms with Gasteiger partial charge < -0.3 is 4.74 Å². The number of halogens is 1. The third-order valence-corrected chi connectivity index (χ3v) is 2.33. The van der Waals surface area contributed by atoms with Gasteiger partial charge >= 0.3 is 0 Å². The van der Waals surface area contributed by atoms with Gasteiger partial charge in [0.05, 0.1) is 0 Å². The predicted octanol–water partition coefficient (Wildman–Crippen LogP) is 3.22. The Balaban J connectivity index is 2.89. The lowest BCUT2D eigenvalue weighted by molar-refractivity contribution is 0.101. The zero-order chi connectivity index (χ0) is 8.53. The minimum Gasteiger partial charge on any atom is -0.381 e. The maximum absolute atomic E-state index is 5.47. The Morgan fingerprint density at radius 3 is 2.64 bits per heavy atom. The van der Waals surface area contributed by atoms with E-state index < -0.39 is 0 Å². The second-order valence-electron chi connectivity index (χ2n) is 2.98. The van der Waals surface area contributed by atoms with Crippen LogP contribution < -0.4 is 0 Å². The first-order valence-corrected chi connectivity index (χ1v) is 5.57.